The summed E-state index contributed by atoms with van der Waals surface area (Å²) in [4.78, 5) is 4.29. The highest BCUT2D eigenvalue weighted by Crippen LogP contribution is 2.10. The SMILES string of the molecule is CCCCOc1ccc(CC(C)N)nc1. The molecular formula is C12H20N2O. The first-order valence-electron chi connectivity index (χ1n) is 5.55. The molecule has 0 aliphatic rings. The fourth-order valence-electron chi connectivity index (χ4n) is 1.28. The first-order valence-corrected chi connectivity index (χ1v) is 5.55. The van der Waals surface area contributed by atoms with E-state index in [2.05, 4.69) is 11.9 Å². The van der Waals surface area contributed by atoms with Gasteiger partial charge in [0.25, 0.3) is 0 Å². The van der Waals surface area contributed by atoms with Crippen molar-refractivity contribution in [3.63, 3.8) is 0 Å². The average molecular weight is 208 g/mol. The third-order valence-electron chi connectivity index (χ3n) is 2.10. The van der Waals surface area contributed by atoms with E-state index in [9.17, 15) is 0 Å². The van der Waals surface area contributed by atoms with Crippen molar-refractivity contribution in [2.75, 3.05) is 6.61 Å². The van der Waals surface area contributed by atoms with Crippen LogP contribution in [0, 0.1) is 0 Å². The standard InChI is InChI=1S/C12H20N2O/c1-3-4-7-15-12-6-5-11(14-9-12)8-10(2)13/h5-6,9-10H,3-4,7-8,13H2,1-2H3. The van der Waals surface area contributed by atoms with Crippen molar-refractivity contribution >= 4 is 0 Å². The molecule has 0 radical (unpaired) electrons. The third kappa shape index (κ3) is 4.79. The number of ether oxygens (including phenoxy) is 1. The second kappa shape index (κ2) is 6.40. The van der Waals surface area contributed by atoms with Crippen LogP contribution >= 0.6 is 0 Å². The predicted molar refractivity (Wildman–Crippen MR) is 62.0 cm³/mol. The number of nitrogens with two attached hydrogens (primary N) is 1. The Balaban J connectivity index is 2.42. The van der Waals surface area contributed by atoms with E-state index in [1.165, 1.54) is 0 Å². The van der Waals surface area contributed by atoms with Crippen molar-refractivity contribution in [1.82, 2.24) is 4.98 Å². The Morgan fingerprint density at radius 2 is 2.27 bits per heavy atom. The van der Waals surface area contributed by atoms with Gasteiger partial charge in [-0.15, -0.1) is 0 Å². The van der Waals surface area contributed by atoms with Crippen molar-refractivity contribution in [3.05, 3.63) is 24.0 Å². The zero-order valence-corrected chi connectivity index (χ0v) is 9.57. The first-order chi connectivity index (χ1) is 7.22. The number of nitrogens with zero attached hydrogens (tertiary/aromatic N) is 1. The van der Waals surface area contributed by atoms with Crippen molar-refractivity contribution in [2.45, 2.75) is 39.2 Å². The maximum absolute atomic E-state index is 5.69. The molecule has 1 unspecified atom stereocenters. The Labute approximate surface area is 91.7 Å². The fourth-order valence-corrected chi connectivity index (χ4v) is 1.28. The molecule has 1 heterocycles. The molecule has 0 saturated heterocycles. The number of hydrogen-bond donors (Lipinski definition) is 1. The molecule has 2 N–H and O–H groups in total. The summed E-state index contributed by atoms with van der Waals surface area (Å²) in [5.41, 5.74) is 6.71. The normalized spacial score (nSPS) is 12.5. The molecule has 15 heavy (non-hydrogen) atoms. The topological polar surface area (TPSA) is 48.1 Å². The summed E-state index contributed by atoms with van der Waals surface area (Å²) in [5.74, 6) is 0.844. The lowest BCUT2D eigenvalue weighted by molar-refractivity contribution is 0.308. The molecule has 1 aromatic rings. The van der Waals surface area contributed by atoms with Gasteiger partial charge in [-0.3, -0.25) is 4.98 Å². The summed E-state index contributed by atoms with van der Waals surface area (Å²) < 4.78 is 5.51. The van der Waals surface area contributed by atoms with E-state index in [1.807, 2.05) is 19.1 Å². The predicted octanol–water partition coefficient (Wildman–Crippen LogP) is 2.15. The highest BCUT2D eigenvalue weighted by atomic mass is 16.5. The van der Waals surface area contributed by atoms with Gasteiger partial charge in [0.2, 0.25) is 0 Å². The number of aromatic nitrogens is 1. The maximum atomic E-state index is 5.69. The second-order valence-electron chi connectivity index (χ2n) is 3.87. The van der Waals surface area contributed by atoms with Gasteiger partial charge in [-0.25, -0.2) is 0 Å². The lowest BCUT2D eigenvalue weighted by Gasteiger charge is -2.07. The highest BCUT2D eigenvalue weighted by molar-refractivity contribution is 5.20. The van der Waals surface area contributed by atoms with Crippen LogP contribution in [0.15, 0.2) is 18.3 Å². The zero-order valence-electron chi connectivity index (χ0n) is 9.57. The minimum atomic E-state index is 0.157. The van der Waals surface area contributed by atoms with Crippen molar-refractivity contribution in [2.24, 2.45) is 5.73 Å². The van der Waals surface area contributed by atoms with Crippen molar-refractivity contribution in [1.29, 1.82) is 0 Å². The van der Waals surface area contributed by atoms with E-state index < -0.39 is 0 Å². The molecule has 0 bridgehead atoms. The molecule has 0 fully saturated rings. The second-order valence-corrected chi connectivity index (χ2v) is 3.87. The van der Waals surface area contributed by atoms with Gasteiger partial charge in [-0.2, -0.15) is 0 Å². The number of unbranched alkanes of at least 4 members (excludes halogenated alkanes) is 1. The molecule has 3 heteroatoms. The molecule has 0 saturated carbocycles. The van der Waals surface area contributed by atoms with Crippen LogP contribution in [0.5, 0.6) is 5.75 Å². The maximum Gasteiger partial charge on any atom is 0.137 e. The summed E-state index contributed by atoms with van der Waals surface area (Å²) in [6.07, 6.45) is 4.82. The van der Waals surface area contributed by atoms with Crippen LogP contribution in [0.2, 0.25) is 0 Å². The monoisotopic (exact) mass is 208 g/mol. The lowest BCUT2D eigenvalue weighted by Crippen LogP contribution is -2.18. The van der Waals surface area contributed by atoms with Crippen LogP contribution < -0.4 is 10.5 Å². The molecule has 1 aromatic heterocycles. The molecule has 0 aliphatic carbocycles. The minimum absolute atomic E-state index is 0.157. The molecule has 0 amide bonds. The number of rotatable bonds is 6. The van der Waals surface area contributed by atoms with E-state index in [0.717, 1.165) is 37.3 Å². The summed E-state index contributed by atoms with van der Waals surface area (Å²) in [6.45, 7) is 4.89. The molecule has 0 aromatic carbocycles. The highest BCUT2D eigenvalue weighted by Gasteiger charge is 1.99. The Morgan fingerprint density at radius 1 is 1.47 bits per heavy atom. The minimum Gasteiger partial charge on any atom is -0.492 e. The summed E-state index contributed by atoms with van der Waals surface area (Å²) in [7, 11) is 0. The Morgan fingerprint density at radius 3 is 2.80 bits per heavy atom. The lowest BCUT2D eigenvalue weighted by atomic mass is 10.2. The van der Waals surface area contributed by atoms with E-state index in [4.69, 9.17) is 10.5 Å². The Bertz CT molecular complexity index is 269. The van der Waals surface area contributed by atoms with Gasteiger partial charge >= 0.3 is 0 Å². The average Bonchev–Trinajstić information content (AvgIpc) is 2.20. The first kappa shape index (κ1) is 12.0. The van der Waals surface area contributed by atoms with Crippen LogP contribution in [0.4, 0.5) is 0 Å². The molecule has 1 rings (SSSR count). The molecule has 3 nitrogen and oxygen atoms in total. The van der Waals surface area contributed by atoms with Gasteiger partial charge in [0.15, 0.2) is 0 Å². The van der Waals surface area contributed by atoms with Crippen molar-refractivity contribution < 1.29 is 4.74 Å². The van der Waals surface area contributed by atoms with Gasteiger partial charge < -0.3 is 10.5 Å². The molecule has 84 valence electrons. The summed E-state index contributed by atoms with van der Waals surface area (Å²) in [5, 5.41) is 0. The summed E-state index contributed by atoms with van der Waals surface area (Å²) >= 11 is 0. The van der Waals surface area contributed by atoms with Crippen LogP contribution in [0.1, 0.15) is 32.4 Å². The van der Waals surface area contributed by atoms with Crippen LogP contribution in [0.25, 0.3) is 0 Å². The molecule has 0 aliphatic heterocycles. The smallest absolute Gasteiger partial charge is 0.137 e. The quantitative estimate of drug-likeness (QED) is 0.729. The zero-order chi connectivity index (χ0) is 11.1. The number of hydrogen-bond acceptors (Lipinski definition) is 3. The molecule has 0 spiro atoms. The van der Waals surface area contributed by atoms with Gasteiger partial charge in [0.05, 0.1) is 12.8 Å². The fraction of sp³-hybridized carbons (Fsp3) is 0.583. The third-order valence-corrected chi connectivity index (χ3v) is 2.10. The Kier molecular flexibility index (Phi) is 5.12. The van der Waals surface area contributed by atoms with E-state index in [1.54, 1.807) is 6.20 Å². The van der Waals surface area contributed by atoms with Crippen LogP contribution in [-0.4, -0.2) is 17.6 Å². The van der Waals surface area contributed by atoms with Gasteiger partial charge in [0.1, 0.15) is 5.75 Å². The van der Waals surface area contributed by atoms with Gasteiger partial charge in [0, 0.05) is 18.2 Å². The largest absolute Gasteiger partial charge is 0.492 e. The van der Waals surface area contributed by atoms with Crippen molar-refractivity contribution in [3.8, 4) is 5.75 Å². The summed E-state index contributed by atoms with van der Waals surface area (Å²) in [6, 6.07) is 4.09. The molecular weight excluding hydrogens is 188 g/mol. The van der Waals surface area contributed by atoms with E-state index in [0.29, 0.717) is 0 Å². The van der Waals surface area contributed by atoms with Gasteiger partial charge in [-0.05, 0) is 25.5 Å². The van der Waals surface area contributed by atoms with E-state index >= 15 is 0 Å². The van der Waals surface area contributed by atoms with E-state index in [-0.39, 0.29) is 6.04 Å². The Hall–Kier alpha value is -1.09. The molecule has 1 atom stereocenters. The van der Waals surface area contributed by atoms with Crippen LogP contribution in [0.3, 0.4) is 0 Å². The number of pyridine rings is 1. The van der Waals surface area contributed by atoms with Gasteiger partial charge in [-0.1, -0.05) is 13.3 Å². The van der Waals surface area contributed by atoms with Crippen LogP contribution in [-0.2, 0) is 6.42 Å².